The van der Waals surface area contributed by atoms with Crippen LogP contribution in [0.15, 0.2) is 28.7 Å². The Balaban J connectivity index is 1.81. The Bertz CT molecular complexity index is 356. The van der Waals surface area contributed by atoms with Crippen molar-refractivity contribution in [3.8, 4) is 0 Å². The van der Waals surface area contributed by atoms with E-state index in [1.165, 1.54) is 25.3 Å². The van der Waals surface area contributed by atoms with E-state index in [-0.39, 0.29) is 0 Å². The lowest BCUT2D eigenvalue weighted by atomic mass is 10.2. The lowest BCUT2D eigenvalue weighted by Crippen LogP contribution is -2.48. The minimum absolute atomic E-state index is 1.13. The van der Waals surface area contributed by atoms with Gasteiger partial charge < -0.3 is 9.80 Å². The van der Waals surface area contributed by atoms with Crippen LogP contribution in [0.1, 0.15) is 0 Å². The van der Waals surface area contributed by atoms with Gasteiger partial charge in [0.05, 0.1) is 0 Å². The van der Waals surface area contributed by atoms with Gasteiger partial charge >= 0.3 is 0 Å². The summed E-state index contributed by atoms with van der Waals surface area (Å²) in [6.07, 6.45) is 0. The third-order valence-electron chi connectivity index (χ3n) is 3.43. The summed E-state index contributed by atoms with van der Waals surface area (Å²) in [7, 11) is 4.27. The number of likely N-dealkylation sites (N-methyl/N-ethyl adjacent to an activating group) is 1. The van der Waals surface area contributed by atoms with Crippen LogP contribution in [0.5, 0.6) is 0 Å². The normalized spacial score (nSPS) is 17.4. The van der Waals surface area contributed by atoms with E-state index in [1.54, 1.807) is 0 Å². The van der Waals surface area contributed by atoms with E-state index < -0.39 is 0 Å². The van der Waals surface area contributed by atoms with Crippen LogP contribution in [0, 0.1) is 0 Å². The number of piperazine rings is 1. The Hall–Kier alpha value is -0.580. The summed E-state index contributed by atoms with van der Waals surface area (Å²) < 4.78 is 1.15. The fourth-order valence-corrected chi connectivity index (χ4v) is 2.49. The fourth-order valence-electron chi connectivity index (χ4n) is 2.22. The molecule has 0 bridgehead atoms. The molecule has 1 heterocycles. The molecule has 1 saturated heterocycles. The van der Waals surface area contributed by atoms with E-state index in [2.05, 4.69) is 69.0 Å². The summed E-state index contributed by atoms with van der Waals surface area (Å²) in [6.45, 7) is 6.94. The number of benzene rings is 1. The molecule has 3 nitrogen and oxygen atoms in total. The highest BCUT2D eigenvalue weighted by molar-refractivity contribution is 9.10. The van der Waals surface area contributed by atoms with Crippen molar-refractivity contribution in [2.45, 2.75) is 0 Å². The van der Waals surface area contributed by atoms with Gasteiger partial charge in [0.2, 0.25) is 0 Å². The number of hydrogen-bond acceptors (Lipinski definition) is 3. The maximum absolute atomic E-state index is 3.48. The van der Waals surface area contributed by atoms with Crippen molar-refractivity contribution in [1.82, 2.24) is 9.80 Å². The maximum Gasteiger partial charge on any atom is 0.0367 e. The average molecular weight is 312 g/mol. The van der Waals surface area contributed by atoms with E-state index in [9.17, 15) is 0 Å². The van der Waals surface area contributed by atoms with Crippen molar-refractivity contribution in [2.24, 2.45) is 0 Å². The van der Waals surface area contributed by atoms with Crippen LogP contribution >= 0.6 is 15.9 Å². The van der Waals surface area contributed by atoms with Gasteiger partial charge in [-0.2, -0.15) is 0 Å². The van der Waals surface area contributed by atoms with Gasteiger partial charge in [0.25, 0.3) is 0 Å². The Morgan fingerprint density at radius 2 is 1.67 bits per heavy atom. The molecule has 18 heavy (non-hydrogen) atoms. The molecule has 0 unspecified atom stereocenters. The summed E-state index contributed by atoms with van der Waals surface area (Å²) in [4.78, 5) is 7.27. The van der Waals surface area contributed by atoms with Gasteiger partial charge in [-0.05, 0) is 38.4 Å². The standard InChI is InChI=1S/C14H22BrN3/c1-16(2)7-8-17-9-11-18(12-10-17)14-5-3-13(15)4-6-14/h3-6H,7-12H2,1-2H3. The van der Waals surface area contributed by atoms with Crippen molar-refractivity contribution in [2.75, 3.05) is 58.3 Å². The summed E-state index contributed by atoms with van der Waals surface area (Å²) in [5.74, 6) is 0. The van der Waals surface area contributed by atoms with Crippen molar-refractivity contribution in [1.29, 1.82) is 0 Å². The first-order chi connectivity index (χ1) is 8.65. The van der Waals surface area contributed by atoms with Crippen LogP contribution in [0.3, 0.4) is 0 Å². The molecule has 1 fully saturated rings. The van der Waals surface area contributed by atoms with Crippen molar-refractivity contribution >= 4 is 21.6 Å². The molecule has 1 aliphatic heterocycles. The van der Waals surface area contributed by atoms with Crippen LogP contribution in [-0.4, -0.2) is 63.2 Å². The second-order valence-electron chi connectivity index (χ2n) is 5.11. The van der Waals surface area contributed by atoms with Crippen LogP contribution in [0.4, 0.5) is 5.69 Å². The van der Waals surface area contributed by atoms with Gasteiger partial charge in [-0.15, -0.1) is 0 Å². The molecule has 0 N–H and O–H groups in total. The first kappa shape index (κ1) is 13.8. The zero-order valence-electron chi connectivity index (χ0n) is 11.3. The highest BCUT2D eigenvalue weighted by Gasteiger charge is 2.16. The third kappa shape index (κ3) is 3.97. The molecule has 0 radical (unpaired) electrons. The van der Waals surface area contributed by atoms with Crippen LogP contribution in [0.25, 0.3) is 0 Å². The van der Waals surface area contributed by atoms with E-state index in [0.717, 1.165) is 24.1 Å². The van der Waals surface area contributed by atoms with E-state index >= 15 is 0 Å². The molecular weight excluding hydrogens is 290 g/mol. The highest BCUT2D eigenvalue weighted by Crippen LogP contribution is 2.19. The number of anilines is 1. The second-order valence-corrected chi connectivity index (χ2v) is 6.02. The minimum atomic E-state index is 1.13. The summed E-state index contributed by atoms with van der Waals surface area (Å²) in [5.41, 5.74) is 1.34. The summed E-state index contributed by atoms with van der Waals surface area (Å²) in [5, 5.41) is 0. The zero-order valence-corrected chi connectivity index (χ0v) is 12.9. The second kappa shape index (κ2) is 6.55. The molecule has 4 heteroatoms. The Kier molecular flexibility index (Phi) is 5.03. The molecular formula is C14H22BrN3. The van der Waals surface area contributed by atoms with Crippen LogP contribution in [-0.2, 0) is 0 Å². The van der Waals surface area contributed by atoms with E-state index in [1.807, 2.05) is 0 Å². The lowest BCUT2D eigenvalue weighted by molar-refractivity contribution is 0.229. The predicted octanol–water partition coefficient (Wildman–Crippen LogP) is 2.13. The van der Waals surface area contributed by atoms with Gasteiger partial charge in [-0.1, -0.05) is 15.9 Å². The van der Waals surface area contributed by atoms with E-state index in [4.69, 9.17) is 0 Å². The minimum Gasteiger partial charge on any atom is -0.369 e. The van der Waals surface area contributed by atoms with E-state index in [0.29, 0.717) is 0 Å². The first-order valence-electron chi connectivity index (χ1n) is 6.53. The molecule has 100 valence electrons. The number of rotatable bonds is 4. The molecule has 1 aromatic rings. The largest absolute Gasteiger partial charge is 0.369 e. The van der Waals surface area contributed by atoms with Gasteiger partial charge in [-0.25, -0.2) is 0 Å². The van der Waals surface area contributed by atoms with Crippen LogP contribution < -0.4 is 4.90 Å². The number of halogens is 1. The molecule has 0 spiro atoms. The first-order valence-corrected chi connectivity index (χ1v) is 7.32. The monoisotopic (exact) mass is 311 g/mol. The van der Waals surface area contributed by atoms with Crippen LogP contribution in [0.2, 0.25) is 0 Å². The zero-order chi connectivity index (χ0) is 13.0. The Morgan fingerprint density at radius 3 is 2.22 bits per heavy atom. The maximum atomic E-state index is 3.48. The summed E-state index contributed by atoms with van der Waals surface area (Å²) >= 11 is 3.48. The van der Waals surface area contributed by atoms with Crippen molar-refractivity contribution in [3.63, 3.8) is 0 Å². The van der Waals surface area contributed by atoms with Crippen molar-refractivity contribution in [3.05, 3.63) is 28.7 Å². The fraction of sp³-hybridized carbons (Fsp3) is 0.571. The predicted molar refractivity (Wildman–Crippen MR) is 81.3 cm³/mol. The molecule has 0 saturated carbocycles. The molecule has 1 aliphatic rings. The Labute approximate surface area is 118 Å². The molecule has 0 atom stereocenters. The molecule has 0 amide bonds. The lowest BCUT2D eigenvalue weighted by Gasteiger charge is -2.36. The molecule has 0 aliphatic carbocycles. The van der Waals surface area contributed by atoms with Gasteiger partial charge in [-0.3, -0.25) is 4.90 Å². The highest BCUT2D eigenvalue weighted by atomic mass is 79.9. The third-order valence-corrected chi connectivity index (χ3v) is 3.96. The molecule has 1 aromatic carbocycles. The van der Waals surface area contributed by atoms with Crippen molar-refractivity contribution < 1.29 is 0 Å². The number of nitrogens with zero attached hydrogens (tertiary/aromatic N) is 3. The topological polar surface area (TPSA) is 9.72 Å². The number of hydrogen-bond donors (Lipinski definition) is 0. The molecule has 0 aromatic heterocycles. The smallest absolute Gasteiger partial charge is 0.0367 e. The Morgan fingerprint density at radius 1 is 1.06 bits per heavy atom. The SMILES string of the molecule is CN(C)CCN1CCN(c2ccc(Br)cc2)CC1. The summed E-state index contributed by atoms with van der Waals surface area (Å²) in [6, 6.07) is 8.63. The average Bonchev–Trinajstić information content (AvgIpc) is 2.38. The van der Waals surface area contributed by atoms with Gasteiger partial charge in [0, 0.05) is 49.4 Å². The van der Waals surface area contributed by atoms with Gasteiger partial charge in [0.15, 0.2) is 0 Å². The molecule has 2 rings (SSSR count). The quantitative estimate of drug-likeness (QED) is 0.843. The van der Waals surface area contributed by atoms with Gasteiger partial charge in [0.1, 0.15) is 0 Å².